The maximum Gasteiger partial charge on any atom is 0.255 e. The Morgan fingerprint density at radius 2 is 2.06 bits per heavy atom. The largest absolute Gasteiger partial charge is 0.503 e. The number of phenols is 1. The minimum Gasteiger partial charge on any atom is -0.503 e. The number of fused-ring (bicyclic) bond motifs is 1. The lowest BCUT2D eigenvalue weighted by atomic mass is 9.94. The van der Waals surface area contributed by atoms with E-state index in [0.29, 0.717) is 39.2 Å². The summed E-state index contributed by atoms with van der Waals surface area (Å²) in [5.74, 6) is 1.54. The Labute approximate surface area is 223 Å². The predicted molar refractivity (Wildman–Crippen MR) is 147 cm³/mol. The van der Waals surface area contributed by atoms with Crippen LogP contribution in [0.4, 0.5) is 11.6 Å². The van der Waals surface area contributed by atoms with Gasteiger partial charge in [0.15, 0.2) is 11.5 Å². The lowest BCUT2D eigenvalue weighted by molar-refractivity contribution is -0.113. The number of amides is 1. The smallest absolute Gasteiger partial charge is 0.255 e. The molecule has 0 spiro atoms. The molecule has 190 valence electrons. The Morgan fingerprint density at radius 1 is 1.28 bits per heavy atom. The van der Waals surface area contributed by atoms with E-state index in [0.717, 1.165) is 34.6 Å². The molecule has 1 atom stereocenters. The molecule has 3 N–H and O–H groups in total. The van der Waals surface area contributed by atoms with Crippen LogP contribution >= 0.6 is 27.7 Å². The molecule has 1 aliphatic heterocycles. The summed E-state index contributed by atoms with van der Waals surface area (Å²) in [6.45, 7) is 10.2. The average Bonchev–Trinajstić information content (AvgIpc) is 3.24. The molecule has 2 aromatic carbocycles. The number of carbonyl (C=O) groups excluding carboxylic acids is 1. The van der Waals surface area contributed by atoms with Crippen LogP contribution in [0.2, 0.25) is 0 Å². The number of benzene rings is 2. The number of thioether (sulfide) groups is 1. The second kappa shape index (κ2) is 11.0. The molecule has 36 heavy (non-hydrogen) atoms. The fourth-order valence-corrected chi connectivity index (χ4v) is 5.22. The topological polar surface area (TPSA) is 101 Å². The molecule has 10 heteroatoms. The highest BCUT2D eigenvalue weighted by Gasteiger charge is 2.35. The molecule has 3 aromatic rings. The Balaban J connectivity index is 1.84. The van der Waals surface area contributed by atoms with Crippen molar-refractivity contribution in [3.8, 4) is 11.5 Å². The minimum absolute atomic E-state index is 0.00891. The fourth-order valence-electron chi connectivity index (χ4n) is 4.08. The van der Waals surface area contributed by atoms with E-state index >= 15 is 0 Å². The van der Waals surface area contributed by atoms with Gasteiger partial charge in [-0.15, -0.1) is 5.10 Å². The van der Waals surface area contributed by atoms with Crippen LogP contribution in [0.15, 0.2) is 51.2 Å². The first-order valence-corrected chi connectivity index (χ1v) is 13.6. The first kappa shape index (κ1) is 26.1. The van der Waals surface area contributed by atoms with Crippen molar-refractivity contribution in [1.82, 2.24) is 14.8 Å². The van der Waals surface area contributed by atoms with Gasteiger partial charge >= 0.3 is 0 Å². The van der Waals surface area contributed by atoms with E-state index in [1.807, 2.05) is 45.9 Å². The van der Waals surface area contributed by atoms with Crippen molar-refractivity contribution in [3.63, 3.8) is 0 Å². The van der Waals surface area contributed by atoms with Gasteiger partial charge in [-0.1, -0.05) is 30.8 Å². The zero-order valence-electron chi connectivity index (χ0n) is 21.0. The number of carbonyl (C=O) groups is 1. The highest BCUT2D eigenvalue weighted by atomic mass is 79.9. The summed E-state index contributed by atoms with van der Waals surface area (Å²) >= 11 is 5.01. The van der Waals surface area contributed by atoms with Crippen LogP contribution in [0.25, 0.3) is 0 Å². The maximum atomic E-state index is 13.8. The highest BCUT2D eigenvalue weighted by molar-refractivity contribution is 9.10. The molecule has 8 nitrogen and oxygen atoms in total. The van der Waals surface area contributed by atoms with Gasteiger partial charge in [-0.05, 0) is 84.9 Å². The van der Waals surface area contributed by atoms with E-state index in [9.17, 15) is 9.90 Å². The molecule has 1 aromatic heterocycles. The summed E-state index contributed by atoms with van der Waals surface area (Å²) in [6, 6.07) is 8.78. The van der Waals surface area contributed by atoms with Gasteiger partial charge < -0.3 is 20.5 Å². The number of rotatable bonds is 8. The molecule has 2 heterocycles. The zero-order chi connectivity index (χ0) is 26.0. The number of nitrogens with one attached hydrogen (secondary N) is 2. The van der Waals surface area contributed by atoms with Gasteiger partial charge in [-0.25, -0.2) is 4.68 Å². The van der Waals surface area contributed by atoms with E-state index in [2.05, 4.69) is 38.5 Å². The van der Waals surface area contributed by atoms with Crippen molar-refractivity contribution in [2.75, 3.05) is 23.0 Å². The zero-order valence-corrected chi connectivity index (χ0v) is 23.4. The van der Waals surface area contributed by atoms with Crippen molar-refractivity contribution in [2.45, 2.75) is 52.2 Å². The molecule has 0 aliphatic carbocycles. The molecule has 0 saturated carbocycles. The number of hydrogen-bond donors (Lipinski definition) is 3. The van der Waals surface area contributed by atoms with Gasteiger partial charge in [0.05, 0.1) is 16.7 Å². The fraction of sp³-hybridized carbons (Fsp3) is 0.346. The minimum atomic E-state index is -0.592. The average molecular weight is 573 g/mol. The van der Waals surface area contributed by atoms with Gasteiger partial charge in [0.1, 0.15) is 6.04 Å². The maximum absolute atomic E-state index is 13.8. The monoisotopic (exact) mass is 571 g/mol. The van der Waals surface area contributed by atoms with Crippen LogP contribution in [-0.2, 0) is 4.79 Å². The van der Waals surface area contributed by atoms with Gasteiger partial charge in [0.2, 0.25) is 11.1 Å². The van der Waals surface area contributed by atoms with Crippen LogP contribution in [0, 0.1) is 13.8 Å². The quantitative estimate of drug-likeness (QED) is 0.277. The Morgan fingerprint density at radius 3 is 2.78 bits per heavy atom. The van der Waals surface area contributed by atoms with E-state index < -0.39 is 6.04 Å². The number of aromatic nitrogens is 3. The standard InChI is InChI=1S/C26H30BrN5O3S/c1-6-11-36-26-30-25-28-16(5)21(24(34)29-19-10-8-9-14(3)15(19)4)22(32(25)31-26)17-12-18(27)23(33)20(13-17)35-7-2/h8-10,12-13,22,33H,6-7,11H2,1-5H3,(H,29,34)(H,28,30,31). The normalized spacial score (nSPS) is 14.9. The SMILES string of the molecule is CCCSc1nc2n(n1)C(c1cc(Br)c(O)c(OCC)c1)C(C(=O)Nc1cccc(C)c1C)=C(C)N2. The number of hydrogen-bond acceptors (Lipinski definition) is 7. The lowest BCUT2D eigenvalue weighted by Crippen LogP contribution is -2.31. The molecule has 1 unspecified atom stereocenters. The second-order valence-electron chi connectivity index (χ2n) is 8.56. The lowest BCUT2D eigenvalue weighted by Gasteiger charge is -2.29. The number of phenolic OH excluding ortho intramolecular Hbond substituents is 1. The Bertz CT molecular complexity index is 1340. The van der Waals surface area contributed by atoms with Crippen LogP contribution in [-0.4, -0.2) is 38.1 Å². The number of halogens is 1. The number of aryl methyl sites for hydroxylation is 1. The summed E-state index contributed by atoms with van der Waals surface area (Å²) < 4.78 is 7.88. The molecule has 1 aliphatic rings. The van der Waals surface area contributed by atoms with Gasteiger partial charge in [0.25, 0.3) is 5.91 Å². The van der Waals surface area contributed by atoms with Crippen molar-refractivity contribution in [3.05, 3.63) is 62.8 Å². The van der Waals surface area contributed by atoms with Crippen molar-refractivity contribution >= 4 is 45.2 Å². The van der Waals surface area contributed by atoms with Crippen molar-refractivity contribution < 1.29 is 14.6 Å². The first-order chi connectivity index (χ1) is 17.2. The molecule has 0 bridgehead atoms. The van der Waals surface area contributed by atoms with E-state index in [4.69, 9.17) is 9.84 Å². The second-order valence-corrected chi connectivity index (χ2v) is 10.5. The Kier molecular flexibility index (Phi) is 7.94. The summed E-state index contributed by atoms with van der Waals surface area (Å²) in [4.78, 5) is 18.5. The number of aromatic hydroxyl groups is 1. The Hall–Kier alpha value is -2.98. The van der Waals surface area contributed by atoms with E-state index in [1.54, 1.807) is 28.6 Å². The van der Waals surface area contributed by atoms with Gasteiger partial charge in [0, 0.05) is 17.1 Å². The highest BCUT2D eigenvalue weighted by Crippen LogP contribution is 2.42. The molecular formula is C26H30BrN5O3S. The van der Waals surface area contributed by atoms with Gasteiger partial charge in [-0.3, -0.25) is 4.79 Å². The van der Waals surface area contributed by atoms with Crippen LogP contribution in [0.1, 0.15) is 49.9 Å². The third-order valence-electron chi connectivity index (χ3n) is 6.03. The number of ether oxygens (including phenoxy) is 1. The number of anilines is 2. The number of nitrogens with zero attached hydrogens (tertiary/aromatic N) is 3. The molecule has 4 rings (SSSR count). The summed E-state index contributed by atoms with van der Waals surface area (Å²) in [5, 5.41) is 22.3. The summed E-state index contributed by atoms with van der Waals surface area (Å²) in [5.41, 5.74) is 4.77. The summed E-state index contributed by atoms with van der Waals surface area (Å²) in [6.07, 6.45) is 0.995. The number of allylic oxidation sites excluding steroid dienone is 1. The van der Waals surface area contributed by atoms with Crippen LogP contribution in [0.3, 0.4) is 0 Å². The molecule has 0 saturated heterocycles. The van der Waals surface area contributed by atoms with Crippen LogP contribution in [0.5, 0.6) is 11.5 Å². The predicted octanol–water partition coefficient (Wildman–Crippen LogP) is 6.19. The van der Waals surface area contributed by atoms with Crippen molar-refractivity contribution in [1.29, 1.82) is 0 Å². The molecule has 1 amide bonds. The molecular weight excluding hydrogens is 542 g/mol. The van der Waals surface area contributed by atoms with Gasteiger partial charge in [-0.2, -0.15) is 4.98 Å². The molecule has 0 radical (unpaired) electrons. The molecule has 0 fully saturated rings. The van der Waals surface area contributed by atoms with Crippen molar-refractivity contribution in [2.24, 2.45) is 0 Å². The first-order valence-electron chi connectivity index (χ1n) is 11.8. The third kappa shape index (κ3) is 5.10. The van der Waals surface area contributed by atoms with E-state index in [-0.39, 0.29) is 11.7 Å². The third-order valence-corrected chi connectivity index (χ3v) is 7.68. The van der Waals surface area contributed by atoms with E-state index in [1.165, 1.54) is 0 Å². The summed E-state index contributed by atoms with van der Waals surface area (Å²) in [7, 11) is 0. The van der Waals surface area contributed by atoms with Crippen LogP contribution < -0.4 is 15.4 Å².